The summed E-state index contributed by atoms with van der Waals surface area (Å²) in [4.78, 5) is 11.9. The second-order valence-electron chi connectivity index (χ2n) is 7.77. The van der Waals surface area contributed by atoms with Gasteiger partial charge >= 0.3 is 6.09 Å². The maximum Gasteiger partial charge on any atom is 0.407 e. The Morgan fingerprint density at radius 1 is 0.917 bits per heavy atom. The summed E-state index contributed by atoms with van der Waals surface area (Å²) in [6.45, 7) is 11.8. The lowest BCUT2D eigenvalue weighted by Crippen LogP contribution is -2.44. The summed E-state index contributed by atoms with van der Waals surface area (Å²) in [5.74, 6) is 0. The summed E-state index contributed by atoms with van der Waals surface area (Å²) >= 11 is 0. The molecule has 0 saturated heterocycles. The van der Waals surface area contributed by atoms with Crippen LogP contribution >= 0.6 is 0 Å². The SMILES string of the molecule is CCCCCCCCCCCC(CNCC)NC(=O)OC(C)(C)C. The molecule has 1 unspecified atom stereocenters. The molecule has 0 bridgehead atoms. The van der Waals surface area contributed by atoms with Crippen molar-refractivity contribution in [2.45, 2.75) is 110 Å². The largest absolute Gasteiger partial charge is 0.444 e. The highest BCUT2D eigenvalue weighted by molar-refractivity contribution is 5.68. The molecule has 0 rings (SSSR count). The van der Waals surface area contributed by atoms with E-state index in [0.29, 0.717) is 0 Å². The van der Waals surface area contributed by atoms with Gasteiger partial charge in [-0.3, -0.25) is 0 Å². The smallest absolute Gasteiger partial charge is 0.407 e. The Morgan fingerprint density at radius 2 is 1.46 bits per heavy atom. The highest BCUT2D eigenvalue weighted by atomic mass is 16.6. The van der Waals surface area contributed by atoms with Gasteiger partial charge in [-0.25, -0.2) is 4.79 Å². The molecule has 144 valence electrons. The van der Waals surface area contributed by atoms with Gasteiger partial charge in [0.15, 0.2) is 0 Å². The van der Waals surface area contributed by atoms with Crippen LogP contribution in [0, 0.1) is 0 Å². The number of ether oxygens (including phenoxy) is 1. The zero-order valence-corrected chi connectivity index (χ0v) is 16.9. The Morgan fingerprint density at radius 3 is 1.96 bits per heavy atom. The number of hydrogen-bond donors (Lipinski definition) is 2. The zero-order valence-electron chi connectivity index (χ0n) is 16.9. The molecule has 0 heterocycles. The Kier molecular flexibility index (Phi) is 14.1. The Bertz CT molecular complexity index is 301. The molecule has 0 radical (unpaired) electrons. The van der Waals surface area contributed by atoms with Gasteiger partial charge in [0.2, 0.25) is 0 Å². The normalized spacial score (nSPS) is 12.9. The van der Waals surface area contributed by atoms with E-state index in [2.05, 4.69) is 24.5 Å². The van der Waals surface area contributed by atoms with Crippen molar-refractivity contribution in [2.75, 3.05) is 13.1 Å². The molecule has 0 aliphatic heterocycles. The molecule has 0 fully saturated rings. The second-order valence-corrected chi connectivity index (χ2v) is 7.77. The number of rotatable bonds is 14. The van der Waals surface area contributed by atoms with Crippen LogP contribution in [0.4, 0.5) is 4.79 Å². The number of hydrogen-bond acceptors (Lipinski definition) is 3. The van der Waals surface area contributed by atoms with Crippen LogP contribution in [0.5, 0.6) is 0 Å². The van der Waals surface area contributed by atoms with Gasteiger partial charge in [-0.2, -0.15) is 0 Å². The Hall–Kier alpha value is -0.770. The first kappa shape index (κ1) is 23.2. The second kappa shape index (κ2) is 14.6. The molecular formula is C20H42N2O2. The van der Waals surface area contributed by atoms with Crippen LogP contribution in [0.15, 0.2) is 0 Å². The number of nitrogens with one attached hydrogen (secondary N) is 2. The van der Waals surface area contributed by atoms with E-state index in [-0.39, 0.29) is 12.1 Å². The van der Waals surface area contributed by atoms with E-state index in [9.17, 15) is 4.79 Å². The summed E-state index contributed by atoms with van der Waals surface area (Å²) in [6.07, 6.45) is 12.6. The first-order valence-electron chi connectivity index (χ1n) is 10.1. The molecule has 0 aromatic rings. The number of carbonyl (C=O) groups is 1. The van der Waals surface area contributed by atoms with E-state index in [1.54, 1.807) is 0 Å². The maximum atomic E-state index is 11.9. The summed E-state index contributed by atoms with van der Waals surface area (Å²) in [6, 6.07) is 0.157. The third kappa shape index (κ3) is 16.1. The summed E-state index contributed by atoms with van der Waals surface area (Å²) in [5, 5.41) is 6.34. The van der Waals surface area contributed by atoms with Gasteiger partial charge < -0.3 is 15.4 Å². The van der Waals surface area contributed by atoms with Gasteiger partial charge in [0, 0.05) is 12.6 Å². The Balaban J connectivity index is 3.84. The average molecular weight is 343 g/mol. The average Bonchev–Trinajstić information content (AvgIpc) is 2.48. The van der Waals surface area contributed by atoms with Gasteiger partial charge in [0.1, 0.15) is 5.60 Å². The van der Waals surface area contributed by atoms with Crippen molar-refractivity contribution < 1.29 is 9.53 Å². The Labute approximate surface area is 150 Å². The summed E-state index contributed by atoms with van der Waals surface area (Å²) in [7, 11) is 0. The van der Waals surface area contributed by atoms with Gasteiger partial charge in [-0.1, -0.05) is 71.6 Å². The van der Waals surface area contributed by atoms with Crippen LogP contribution in [0.25, 0.3) is 0 Å². The number of amides is 1. The van der Waals surface area contributed by atoms with E-state index < -0.39 is 5.60 Å². The molecule has 4 nitrogen and oxygen atoms in total. The monoisotopic (exact) mass is 342 g/mol. The fraction of sp³-hybridized carbons (Fsp3) is 0.950. The molecule has 0 spiro atoms. The quantitative estimate of drug-likeness (QED) is 0.415. The number of unbranched alkanes of at least 4 members (excludes halogenated alkanes) is 8. The molecule has 0 aromatic heterocycles. The fourth-order valence-electron chi connectivity index (χ4n) is 2.72. The number of alkyl carbamates (subject to hydrolysis) is 1. The third-order valence-corrected chi connectivity index (χ3v) is 4.02. The van der Waals surface area contributed by atoms with Crippen LogP contribution in [-0.4, -0.2) is 30.8 Å². The molecule has 1 amide bonds. The molecular weight excluding hydrogens is 300 g/mol. The molecule has 24 heavy (non-hydrogen) atoms. The molecule has 2 N–H and O–H groups in total. The van der Waals surface area contributed by atoms with Crippen LogP contribution in [-0.2, 0) is 4.74 Å². The summed E-state index contributed by atoms with van der Waals surface area (Å²) < 4.78 is 5.36. The van der Waals surface area contributed by atoms with Crippen molar-refractivity contribution in [1.82, 2.24) is 10.6 Å². The van der Waals surface area contributed by atoms with Gasteiger partial charge in [-0.15, -0.1) is 0 Å². The van der Waals surface area contributed by atoms with Crippen molar-refractivity contribution in [2.24, 2.45) is 0 Å². The molecule has 1 atom stereocenters. The van der Waals surface area contributed by atoms with Crippen molar-refractivity contribution >= 4 is 6.09 Å². The zero-order chi connectivity index (χ0) is 18.3. The van der Waals surface area contributed by atoms with E-state index in [4.69, 9.17) is 4.74 Å². The molecule has 0 aliphatic rings. The van der Waals surface area contributed by atoms with Crippen LogP contribution < -0.4 is 10.6 Å². The standard InChI is InChI=1S/C20H42N2O2/c1-6-8-9-10-11-12-13-14-15-16-18(17-21-7-2)22-19(23)24-20(3,4)5/h18,21H,6-17H2,1-5H3,(H,22,23). The molecule has 0 aromatic carbocycles. The topological polar surface area (TPSA) is 50.4 Å². The van der Waals surface area contributed by atoms with Crippen molar-refractivity contribution in [3.63, 3.8) is 0 Å². The predicted molar refractivity (Wildman–Crippen MR) is 104 cm³/mol. The molecule has 4 heteroatoms. The van der Waals surface area contributed by atoms with E-state index in [1.165, 1.54) is 57.8 Å². The number of likely N-dealkylation sites (N-methyl/N-ethyl adjacent to an activating group) is 1. The summed E-state index contributed by atoms with van der Waals surface area (Å²) in [5.41, 5.74) is -0.440. The van der Waals surface area contributed by atoms with Crippen LogP contribution in [0.2, 0.25) is 0 Å². The van der Waals surface area contributed by atoms with E-state index in [0.717, 1.165) is 19.5 Å². The lowest BCUT2D eigenvalue weighted by Gasteiger charge is -2.24. The first-order valence-corrected chi connectivity index (χ1v) is 10.1. The van der Waals surface area contributed by atoms with Gasteiger partial charge in [0.25, 0.3) is 0 Å². The highest BCUT2D eigenvalue weighted by Crippen LogP contribution is 2.12. The van der Waals surface area contributed by atoms with Gasteiger partial charge in [0.05, 0.1) is 0 Å². The van der Waals surface area contributed by atoms with Crippen LogP contribution in [0.3, 0.4) is 0 Å². The lowest BCUT2D eigenvalue weighted by atomic mass is 10.0. The minimum Gasteiger partial charge on any atom is -0.444 e. The highest BCUT2D eigenvalue weighted by Gasteiger charge is 2.19. The van der Waals surface area contributed by atoms with Crippen LogP contribution in [0.1, 0.15) is 98.8 Å². The minimum absolute atomic E-state index is 0.157. The van der Waals surface area contributed by atoms with Gasteiger partial charge in [-0.05, 0) is 33.7 Å². The fourth-order valence-corrected chi connectivity index (χ4v) is 2.72. The van der Waals surface area contributed by atoms with Crippen molar-refractivity contribution in [3.05, 3.63) is 0 Å². The third-order valence-electron chi connectivity index (χ3n) is 4.02. The maximum absolute atomic E-state index is 11.9. The van der Waals surface area contributed by atoms with Crippen molar-refractivity contribution in [1.29, 1.82) is 0 Å². The number of carbonyl (C=O) groups excluding carboxylic acids is 1. The first-order chi connectivity index (χ1) is 11.4. The molecule has 0 aliphatic carbocycles. The lowest BCUT2D eigenvalue weighted by molar-refractivity contribution is 0.0501. The van der Waals surface area contributed by atoms with E-state index >= 15 is 0 Å². The van der Waals surface area contributed by atoms with E-state index in [1.807, 2.05) is 20.8 Å². The minimum atomic E-state index is -0.440. The predicted octanol–water partition coefficient (Wildman–Crippen LogP) is 5.41. The van der Waals surface area contributed by atoms with Crippen molar-refractivity contribution in [3.8, 4) is 0 Å². The molecule has 0 saturated carbocycles.